The highest BCUT2D eigenvalue weighted by molar-refractivity contribution is 8.18. The average molecular weight is 379 g/mol. The van der Waals surface area contributed by atoms with Crippen LogP contribution in [0, 0.1) is 6.92 Å². The molecule has 4 nitrogen and oxygen atoms in total. The molecule has 2 N–H and O–H groups in total. The second kappa shape index (κ2) is 6.89. The fourth-order valence-electron chi connectivity index (χ4n) is 2.04. The summed E-state index contributed by atoms with van der Waals surface area (Å²) < 4.78 is 0. The highest BCUT2D eigenvalue weighted by atomic mass is 35.5. The van der Waals surface area contributed by atoms with E-state index in [-0.39, 0.29) is 21.7 Å². The monoisotopic (exact) mass is 378 g/mol. The highest BCUT2D eigenvalue weighted by Crippen LogP contribution is 2.35. The molecule has 1 heterocycles. The summed E-state index contributed by atoms with van der Waals surface area (Å²) >= 11 is 13.0. The van der Waals surface area contributed by atoms with Crippen molar-refractivity contribution >= 4 is 57.8 Å². The van der Waals surface area contributed by atoms with Crippen molar-refractivity contribution in [3.8, 4) is 5.75 Å². The third-order valence-electron chi connectivity index (χ3n) is 3.25. The minimum Gasteiger partial charge on any atom is -0.505 e. The number of nitrogens with zero attached hydrogens (tertiary/aromatic N) is 1. The fourth-order valence-corrected chi connectivity index (χ4v) is 3.38. The van der Waals surface area contributed by atoms with E-state index >= 15 is 0 Å². The Labute approximate surface area is 153 Å². The number of amides is 1. The molecule has 7 heteroatoms. The highest BCUT2D eigenvalue weighted by Gasteiger charge is 2.24. The Morgan fingerprint density at radius 2 is 1.79 bits per heavy atom. The SMILES string of the molecule is Cc1ccc(N=C2NC(=O)/C(=C/c3cc(Cl)c(O)c(Cl)c3)S2)cc1. The number of carbonyl (C=O) groups is 1. The molecule has 2 aromatic carbocycles. The predicted octanol–water partition coefficient (Wildman–Crippen LogP) is 4.90. The van der Waals surface area contributed by atoms with Gasteiger partial charge in [-0.05, 0) is 54.6 Å². The van der Waals surface area contributed by atoms with Gasteiger partial charge >= 0.3 is 0 Å². The summed E-state index contributed by atoms with van der Waals surface area (Å²) in [5, 5.41) is 13.1. The van der Waals surface area contributed by atoms with Crippen molar-refractivity contribution in [3.05, 3.63) is 62.5 Å². The van der Waals surface area contributed by atoms with E-state index in [0.29, 0.717) is 15.6 Å². The quantitative estimate of drug-likeness (QED) is 0.730. The largest absolute Gasteiger partial charge is 0.505 e. The van der Waals surface area contributed by atoms with Crippen LogP contribution < -0.4 is 5.32 Å². The molecule has 0 unspecified atom stereocenters. The Balaban J connectivity index is 1.86. The number of nitrogens with one attached hydrogen (secondary N) is 1. The third-order valence-corrected chi connectivity index (χ3v) is 4.74. The minimum absolute atomic E-state index is 0.131. The first-order chi connectivity index (χ1) is 11.4. The van der Waals surface area contributed by atoms with Gasteiger partial charge in [0.05, 0.1) is 20.6 Å². The molecule has 0 spiro atoms. The number of phenols is 1. The molecule has 1 amide bonds. The minimum atomic E-state index is -0.244. The van der Waals surface area contributed by atoms with Gasteiger partial charge in [0.25, 0.3) is 5.91 Å². The number of benzene rings is 2. The van der Waals surface area contributed by atoms with E-state index in [9.17, 15) is 9.90 Å². The normalized spacial score (nSPS) is 17.5. The van der Waals surface area contributed by atoms with Gasteiger partial charge < -0.3 is 10.4 Å². The fraction of sp³-hybridized carbons (Fsp3) is 0.0588. The zero-order valence-electron chi connectivity index (χ0n) is 12.5. The summed E-state index contributed by atoms with van der Waals surface area (Å²) in [6, 6.07) is 10.8. The van der Waals surface area contributed by atoms with Crippen LogP contribution in [0.4, 0.5) is 5.69 Å². The van der Waals surface area contributed by atoms with Crippen LogP contribution in [-0.4, -0.2) is 16.2 Å². The molecular weight excluding hydrogens is 367 g/mol. The molecule has 1 aliphatic heterocycles. The van der Waals surface area contributed by atoms with Crippen molar-refractivity contribution in [2.24, 2.45) is 4.99 Å². The maximum absolute atomic E-state index is 12.1. The van der Waals surface area contributed by atoms with Crippen molar-refractivity contribution in [1.82, 2.24) is 5.32 Å². The van der Waals surface area contributed by atoms with E-state index in [1.807, 2.05) is 31.2 Å². The van der Waals surface area contributed by atoms with Crippen LogP contribution in [0.1, 0.15) is 11.1 Å². The van der Waals surface area contributed by atoms with Crippen molar-refractivity contribution in [2.75, 3.05) is 0 Å². The lowest BCUT2D eigenvalue weighted by atomic mass is 10.2. The summed E-state index contributed by atoms with van der Waals surface area (Å²) in [7, 11) is 0. The van der Waals surface area contributed by atoms with Crippen LogP contribution in [0.15, 0.2) is 46.3 Å². The predicted molar refractivity (Wildman–Crippen MR) is 100 cm³/mol. The Kier molecular flexibility index (Phi) is 4.85. The zero-order chi connectivity index (χ0) is 17.3. The zero-order valence-corrected chi connectivity index (χ0v) is 14.8. The Morgan fingerprint density at radius 3 is 2.42 bits per heavy atom. The molecule has 0 radical (unpaired) electrons. The van der Waals surface area contributed by atoms with Gasteiger partial charge in [-0.1, -0.05) is 40.9 Å². The number of rotatable bonds is 2. The Bertz CT molecular complexity index is 854. The summed E-state index contributed by atoms with van der Waals surface area (Å²) in [4.78, 5) is 17.0. The van der Waals surface area contributed by atoms with Gasteiger partial charge in [0, 0.05) is 0 Å². The van der Waals surface area contributed by atoms with Gasteiger partial charge in [-0.3, -0.25) is 4.79 Å². The lowest BCUT2D eigenvalue weighted by Crippen LogP contribution is -2.19. The van der Waals surface area contributed by atoms with Crippen molar-refractivity contribution in [2.45, 2.75) is 6.92 Å². The number of amidine groups is 1. The molecular formula is C17H12Cl2N2O2S. The third kappa shape index (κ3) is 3.75. The van der Waals surface area contributed by atoms with Crippen LogP contribution in [0.3, 0.4) is 0 Å². The smallest absolute Gasteiger partial charge is 0.264 e. The molecule has 0 saturated carbocycles. The number of phenolic OH excluding ortho intramolecular Hbond substituents is 1. The molecule has 0 atom stereocenters. The standard InChI is InChI=1S/C17H12Cl2N2O2S/c1-9-2-4-11(5-3-9)20-17-21-16(23)14(24-17)8-10-6-12(18)15(22)13(19)7-10/h2-8,22H,1H3,(H,20,21,23)/b14-8-. The first-order valence-electron chi connectivity index (χ1n) is 6.96. The maximum Gasteiger partial charge on any atom is 0.264 e. The van der Waals surface area contributed by atoms with Crippen LogP contribution in [0.5, 0.6) is 5.75 Å². The number of aromatic hydroxyl groups is 1. The molecule has 3 rings (SSSR count). The Hall–Kier alpha value is -1.95. The van der Waals surface area contributed by atoms with Crippen molar-refractivity contribution < 1.29 is 9.90 Å². The molecule has 0 aliphatic carbocycles. The van der Waals surface area contributed by atoms with E-state index in [4.69, 9.17) is 23.2 Å². The average Bonchev–Trinajstić information content (AvgIpc) is 2.87. The number of hydrogen-bond donors (Lipinski definition) is 2. The second-order valence-electron chi connectivity index (χ2n) is 5.15. The summed E-state index contributed by atoms with van der Waals surface area (Å²) in [6.07, 6.45) is 1.65. The molecule has 122 valence electrons. The van der Waals surface area contributed by atoms with Crippen LogP contribution in [0.25, 0.3) is 6.08 Å². The van der Waals surface area contributed by atoms with E-state index in [2.05, 4.69) is 10.3 Å². The van der Waals surface area contributed by atoms with Crippen molar-refractivity contribution in [1.29, 1.82) is 0 Å². The number of halogens is 2. The number of aliphatic imine (C=N–C) groups is 1. The van der Waals surface area contributed by atoms with E-state index in [1.54, 1.807) is 18.2 Å². The van der Waals surface area contributed by atoms with Gasteiger partial charge in [-0.15, -0.1) is 0 Å². The van der Waals surface area contributed by atoms with Gasteiger partial charge in [-0.2, -0.15) is 0 Å². The summed E-state index contributed by atoms with van der Waals surface area (Å²) in [5.41, 5.74) is 2.53. The molecule has 2 aromatic rings. The molecule has 24 heavy (non-hydrogen) atoms. The van der Waals surface area contributed by atoms with E-state index in [0.717, 1.165) is 11.3 Å². The molecule has 1 aliphatic rings. The Morgan fingerprint density at radius 1 is 1.17 bits per heavy atom. The van der Waals surface area contributed by atoms with Crippen LogP contribution >= 0.6 is 35.0 Å². The summed E-state index contributed by atoms with van der Waals surface area (Å²) in [5.74, 6) is -0.420. The van der Waals surface area contributed by atoms with E-state index in [1.165, 1.54) is 11.8 Å². The number of aryl methyl sites for hydroxylation is 1. The molecule has 0 bridgehead atoms. The lowest BCUT2D eigenvalue weighted by Gasteiger charge is -2.02. The van der Waals surface area contributed by atoms with E-state index < -0.39 is 0 Å². The van der Waals surface area contributed by atoms with Crippen LogP contribution in [-0.2, 0) is 4.79 Å². The maximum atomic E-state index is 12.1. The first kappa shape index (κ1) is 16.9. The topological polar surface area (TPSA) is 61.7 Å². The van der Waals surface area contributed by atoms with Gasteiger partial charge in [0.1, 0.15) is 0 Å². The van der Waals surface area contributed by atoms with Crippen LogP contribution in [0.2, 0.25) is 10.0 Å². The number of hydrogen-bond acceptors (Lipinski definition) is 4. The second-order valence-corrected chi connectivity index (χ2v) is 7.00. The number of carbonyl (C=O) groups excluding carboxylic acids is 1. The number of thioether (sulfide) groups is 1. The van der Waals surface area contributed by atoms with Gasteiger partial charge in [0.15, 0.2) is 10.9 Å². The molecule has 1 saturated heterocycles. The molecule has 0 aromatic heterocycles. The van der Waals surface area contributed by atoms with Gasteiger partial charge in [0.2, 0.25) is 0 Å². The van der Waals surface area contributed by atoms with Crippen molar-refractivity contribution in [3.63, 3.8) is 0 Å². The lowest BCUT2D eigenvalue weighted by molar-refractivity contribution is -0.115. The molecule has 1 fully saturated rings. The summed E-state index contributed by atoms with van der Waals surface area (Å²) in [6.45, 7) is 2.00. The first-order valence-corrected chi connectivity index (χ1v) is 8.54. The van der Waals surface area contributed by atoms with Gasteiger partial charge in [-0.25, -0.2) is 4.99 Å².